The van der Waals surface area contributed by atoms with Gasteiger partial charge < -0.3 is 5.11 Å². The second-order valence-corrected chi connectivity index (χ2v) is 4.30. The van der Waals surface area contributed by atoms with E-state index in [-0.39, 0.29) is 0 Å². The fourth-order valence-electron chi connectivity index (χ4n) is 1.98. The monoisotopic (exact) mass is 226 g/mol. The first-order valence-corrected chi connectivity index (χ1v) is 6.14. The van der Waals surface area contributed by atoms with E-state index in [1.54, 1.807) is 6.07 Å². The molecule has 0 fully saturated rings. The summed E-state index contributed by atoms with van der Waals surface area (Å²) >= 11 is 0. The summed E-state index contributed by atoms with van der Waals surface area (Å²) < 4.78 is 0. The number of rotatable bonds is 4. The van der Waals surface area contributed by atoms with E-state index in [0.717, 1.165) is 24.8 Å². The minimum absolute atomic E-state index is 0.415. The van der Waals surface area contributed by atoms with Crippen molar-refractivity contribution in [2.45, 2.75) is 26.2 Å². The third kappa shape index (κ3) is 3.10. The van der Waals surface area contributed by atoms with Crippen LogP contribution in [0, 0.1) is 0 Å². The van der Waals surface area contributed by atoms with Gasteiger partial charge in [0.2, 0.25) is 0 Å². The van der Waals surface area contributed by atoms with Gasteiger partial charge in [0.1, 0.15) is 5.75 Å². The minimum Gasteiger partial charge on any atom is -0.508 e. The first-order valence-electron chi connectivity index (χ1n) is 6.14. The molecule has 0 atom stereocenters. The number of aromatic hydroxyl groups is 1. The molecule has 2 aromatic carbocycles. The molecule has 1 heteroatoms. The van der Waals surface area contributed by atoms with Gasteiger partial charge in [-0.2, -0.15) is 0 Å². The van der Waals surface area contributed by atoms with Crippen LogP contribution in [0.4, 0.5) is 0 Å². The number of phenols is 1. The van der Waals surface area contributed by atoms with Gasteiger partial charge in [-0.15, -0.1) is 0 Å². The van der Waals surface area contributed by atoms with E-state index in [0.29, 0.717) is 5.75 Å². The predicted octanol–water partition coefficient (Wildman–Crippen LogP) is 3.74. The van der Waals surface area contributed by atoms with Crippen LogP contribution in [0.1, 0.15) is 23.6 Å². The highest BCUT2D eigenvalue weighted by atomic mass is 16.3. The van der Waals surface area contributed by atoms with Gasteiger partial charge in [-0.05, 0) is 42.0 Å². The molecule has 1 nitrogen and oxygen atoms in total. The summed E-state index contributed by atoms with van der Waals surface area (Å²) in [6, 6.07) is 16.3. The molecule has 17 heavy (non-hydrogen) atoms. The van der Waals surface area contributed by atoms with Gasteiger partial charge in [-0.3, -0.25) is 0 Å². The van der Waals surface area contributed by atoms with Crippen LogP contribution in [-0.2, 0) is 19.3 Å². The summed E-state index contributed by atoms with van der Waals surface area (Å²) in [6.45, 7) is 2.13. The highest BCUT2D eigenvalue weighted by Crippen LogP contribution is 2.20. The molecule has 0 aromatic heterocycles. The van der Waals surface area contributed by atoms with Gasteiger partial charge >= 0.3 is 0 Å². The van der Waals surface area contributed by atoms with Crippen LogP contribution in [0.25, 0.3) is 0 Å². The topological polar surface area (TPSA) is 20.2 Å². The van der Waals surface area contributed by atoms with E-state index in [9.17, 15) is 5.11 Å². The molecule has 0 unspecified atom stereocenters. The van der Waals surface area contributed by atoms with Crippen molar-refractivity contribution < 1.29 is 5.11 Å². The fraction of sp³-hybridized carbons (Fsp3) is 0.250. The van der Waals surface area contributed by atoms with E-state index in [2.05, 4.69) is 37.3 Å². The van der Waals surface area contributed by atoms with Crippen molar-refractivity contribution in [3.63, 3.8) is 0 Å². The Morgan fingerprint density at radius 2 is 1.65 bits per heavy atom. The van der Waals surface area contributed by atoms with E-state index in [1.165, 1.54) is 11.1 Å². The molecule has 0 heterocycles. The highest BCUT2D eigenvalue weighted by molar-refractivity contribution is 5.36. The summed E-state index contributed by atoms with van der Waals surface area (Å²) in [4.78, 5) is 0. The molecule has 0 amide bonds. The summed E-state index contributed by atoms with van der Waals surface area (Å²) in [6.07, 6.45) is 2.88. The quantitative estimate of drug-likeness (QED) is 0.842. The average Bonchev–Trinajstić information content (AvgIpc) is 2.39. The number of benzene rings is 2. The van der Waals surface area contributed by atoms with Crippen LogP contribution in [0.2, 0.25) is 0 Å². The Morgan fingerprint density at radius 1 is 0.882 bits per heavy atom. The summed E-state index contributed by atoms with van der Waals surface area (Å²) in [5, 5.41) is 9.81. The Labute approximate surface area is 103 Å². The van der Waals surface area contributed by atoms with Crippen LogP contribution in [0.5, 0.6) is 5.75 Å². The Bertz CT molecular complexity index is 474. The van der Waals surface area contributed by atoms with Crippen molar-refractivity contribution in [3.8, 4) is 5.75 Å². The zero-order valence-corrected chi connectivity index (χ0v) is 10.2. The van der Waals surface area contributed by atoms with E-state index in [1.807, 2.05) is 12.1 Å². The van der Waals surface area contributed by atoms with Crippen molar-refractivity contribution in [3.05, 3.63) is 65.2 Å². The van der Waals surface area contributed by atoms with E-state index < -0.39 is 0 Å². The van der Waals surface area contributed by atoms with E-state index in [4.69, 9.17) is 0 Å². The molecule has 0 radical (unpaired) electrons. The lowest BCUT2D eigenvalue weighted by Gasteiger charge is -2.07. The lowest BCUT2D eigenvalue weighted by atomic mass is 10.0. The van der Waals surface area contributed by atoms with Crippen LogP contribution in [0.15, 0.2) is 48.5 Å². The van der Waals surface area contributed by atoms with Crippen molar-refractivity contribution in [2.75, 3.05) is 0 Å². The first kappa shape index (κ1) is 11.7. The minimum atomic E-state index is 0.415. The smallest absolute Gasteiger partial charge is 0.118 e. The largest absolute Gasteiger partial charge is 0.508 e. The standard InChI is InChI=1S/C16H18O/c1-2-13-9-11-16(17)15(12-13)10-8-14-6-4-3-5-7-14/h3-7,9,11-12,17H,2,8,10H2,1H3. The number of hydrogen-bond donors (Lipinski definition) is 1. The summed E-state index contributed by atoms with van der Waals surface area (Å²) in [5.41, 5.74) is 3.65. The number of phenolic OH excluding ortho intramolecular Hbond substituents is 1. The fourth-order valence-corrected chi connectivity index (χ4v) is 1.98. The lowest BCUT2D eigenvalue weighted by Crippen LogP contribution is -1.93. The molecule has 88 valence electrons. The Kier molecular flexibility index (Phi) is 3.81. The highest BCUT2D eigenvalue weighted by Gasteiger charge is 2.02. The second-order valence-electron chi connectivity index (χ2n) is 4.30. The molecule has 0 aliphatic carbocycles. The molecular formula is C16H18O. The average molecular weight is 226 g/mol. The Hall–Kier alpha value is -1.76. The Morgan fingerprint density at radius 3 is 2.35 bits per heavy atom. The maximum atomic E-state index is 9.81. The van der Waals surface area contributed by atoms with Crippen LogP contribution in [-0.4, -0.2) is 5.11 Å². The van der Waals surface area contributed by atoms with Crippen molar-refractivity contribution in [1.29, 1.82) is 0 Å². The SMILES string of the molecule is CCc1ccc(O)c(CCc2ccccc2)c1. The Balaban J connectivity index is 2.08. The van der Waals surface area contributed by atoms with Crippen LogP contribution < -0.4 is 0 Å². The third-order valence-electron chi connectivity index (χ3n) is 3.08. The number of aryl methyl sites for hydroxylation is 3. The van der Waals surface area contributed by atoms with Gasteiger partial charge in [0.05, 0.1) is 0 Å². The molecule has 2 aromatic rings. The van der Waals surface area contributed by atoms with Crippen LogP contribution >= 0.6 is 0 Å². The van der Waals surface area contributed by atoms with Gasteiger partial charge in [-0.25, -0.2) is 0 Å². The van der Waals surface area contributed by atoms with Crippen LogP contribution in [0.3, 0.4) is 0 Å². The zero-order valence-electron chi connectivity index (χ0n) is 10.2. The van der Waals surface area contributed by atoms with E-state index >= 15 is 0 Å². The predicted molar refractivity (Wildman–Crippen MR) is 71.3 cm³/mol. The molecular weight excluding hydrogens is 208 g/mol. The lowest BCUT2D eigenvalue weighted by molar-refractivity contribution is 0.467. The third-order valence-corrected chi connectivity index (χ3v) is 3.08. The summed E-state index contributed by atoms with van der Waals surface area (Å²) in [5.74, 6) is 0.415. The normalized spacial score (nSPS) is 10.4. The molecule has 0 saturated heterocycles. The van der Waals surface area contributed by atoms with Crippen molar-refractivity contribution in [2.24, 2.45) is 0 Å². The van der Waals surface area contributed by atoms with Crippen molar-refractivity contribution >= 4 is 0 Å². The number of hydrogen-bond acceptors (Lipinski definition) is 1. The molecule has 0 spiro atoms. The molecule has 0 bridgehead atoms. The summed E-state index contributed by atoms with van der Waals surface area (Å²) in [7, 11) is 0. The molecule has 0 aliphatic heterocycles. The van der Waals surface area contributed by atoms with Gasteiger partial charge in [0.15, 0.2) is 0 Å². The first-order chi connectivity index (χ1) is 8.29. The molecule has 0 aliphatic rings. The second kappa shape index (κ2) is 5.53. The van der Waals surface area contributed by atoms with Gasteiger partial charge in [0, 0.05) is 0 Å². The zero-order chi connectivity index (χ0) is 12.1. The van der Waals surface area contributed by atoms with Gasteiger partial charge in [-0.1, -0.05) is 49.4 Å². The molecule has 1 N–H and O–H groups in total. The maximum Gasteiger partial charge on any atom is 0.118 e. The van der Waals surface area contributed by atoms with Gasteiger partial charge in [0.25, 0.3) is 0 Å². The molecule has 0 saturated carbocycles. The molecule has 2 rings (SSSR count). The van der Waals surface area contributed by atoms with Crippen molar-refractivity contribution in [1.82, 2.24) is 0 Å². The maximum absolute atomic E-state index is 9.81.